The Hall–Kier alpha value is -3.47. The maximum atomic E-state index is 14.5. The minimum absolute atomic E-state index is 0.0347. The van der Waals surface area contributed by atoms with Crippen LogP contribution in [0.3, 0.4) is 0 Å². The van der Waals surface area contributed by atoms with Crippen LogP contribution < -0.4 is 4.90 Å². The van der Waals surface area contributed by atoms with Crippen molar-refractivity contribution in [2.75, 3.05) is 4.90 Å². The van der Waals surface area contributed by atoms with Gasteiger partial charge in [0.2, 0.25) is 5.72 Å². The van der Waals surface area contributed by atoms with Crippen molar-refractivity contribution in [1.82, 2.24) is 0 Å². The van der Waals surface area contributed by atoms with Gasteiger partial charge >= 0.3 is 0 Å². The van der Waals surface area contributed by atoms with Gasteiger partial charge in [-0.05, 0) is 42.3 Å². The van der Waals surface area contributed by atoms with E-state index in [-0.39, 0.29) is 11.2 Å². The third kappa shape index (κ3) is 3.82. The van der Waals surface area contributed by atoms with Gasteiger partial charge in [0.1, 0.15) is 5.76 Å². The van der Waals surface area contributed by atoms with E-state index >= 15 is 0 Å². The van der Waals surface area contributed by atoms with E-state index in [9.17, 15) is 4.79 Å². The molecule has 2 heterocycles. The Labute approximate surface area is 220 Å². The minimum atomic E-state index is -1.01. The number of benzene rings is 4. The summed E-state index contributed by atoms with van der Waals surface area (Å²) in [6.45, 7) is 1.91. The molecule has 3 nitrogen and oxygen atoms in total. The van der Waals surface area contributed by atoms with Crippen molar-refractivity contribution in [1.29, 1.82) is 0 Å². The number of anilines is 1. The van der Waals surface area contributed by atoms with Gasteiger partial charge in [0, 0.05) is 27.2 Å². The number of halogens is 1. The molecule has 1 amide bonds. The normalized spacial score (nSPS) is 21.3. The molecular formula is C31H24ClNO2S. The summed E-state index contributed by atoms with van der Waals surface area (Å²) >= 11 is 7.98. The predicted molar refractivity (Wildman–Crippen MR) is 147 cm³/mol. The Balaban J connectivity index is 1.61. The number of ether oxygens (including phenoxy) is 1. The Morgan fingerprint density at radius 1 is 0.861 bits per heavy atom. The quantitative estimate of drug-likeness (QED) is 0.278. The van der Waals surface area contributed by atoms with Crippen LogP contribution in [0.25, 0.3) is 5.57 Å². The van der Waals surface area contributed by atoms with Crippen molar-refractivity contribution < 1.29 is 9.53 Å². The number of thioether (sulfide) groups is 1. The summed E-state index contributed by atoms with van der Waals surface area (Å²) in [7, 11) is 0. The molecule has 0 unspecified atom stereocenters. The van der Waals surface area contributed by atoms with Gasteiger partial charge in [-0.25, -0.2) is 0 Å². The van der Waals surface area contributed by atoms with Gasteiger partial charge in [0.25, 0.3) is 5.91 Å². The molecule has 178 valence electrons. The first-order chi connectivity index (χ1) is 17.6. The van der Waals surface area contributed by atoms with Crippen LogP contribution in [0.1, 0.15) is 35.3 Å². The number of para-hydroxylation sites is 1. The van der Waals surface area contributed by atoms with Crippen LogP contribution in [0.15, 0.2) is 120 Å². The topological polar surface area (TPSA) is 29.5 Å². The van der Waals surface area contributed by atoms with Crippen LogP contribution in [-0.4, -0.2) is 5.91 Å². The molecule has 2 atom stereocenters. The second-order valence-corrected chi connectivity index (χ2v) is 10.7. The van der Waals surface area contributed by atoms with Crippen molar-refractivity contribution in [3.05, 3.63) is 137 Å². The average molecular weight is 510 g/mol. The second-order valence-electron chi connectivity index (χ2n) is 9.02. The molecular weight excluding hydrogens is 486 g/mol. The number of allylic oxidation sites excluding steroid dienone is 1. The van der Waals surface area contributed by atoms with Crippen molar-refractivity contribution in [3.8, 4) is 0 Å². The molecule has 36 heavy (non-hydrogen) atoms. The van der Waals surface area contributed by atoms with Gasteiger partial charge in [-0.2, -0.15) is 0 Å². The molecule has 4 aromatic carbocycles. The number of carbonyl (C=O) groups is 1. The molecule has 0 N–H and O–H groups in total. The third-order valence-electron chi connectivity index (χ3n) is 6.82. The fourth-order valence-electron chi connectivity index (χ4n) is 5.20. The number of fused-ring (bicyclic) bond motifs is 3. The Morgan fingerprint density at radius 2 is 1.50 bits per heavy atom. The monoisotopic (exact) mass is 509 g/mol. The number of hydrogen-bond acceptors (Lipinski definition) is 3. The molecule has 5 heteroatoms. The second kappa shape index (κ2) is 9.20. The molecule has 2 aliphatic heterocycles. The van der Waals surface area contributed by atoms with E-state index in [1.807, 2.05) is 90.7 Å². The standard InChI is InChI=1S/C31H24ClNO2S/c1-21-29(23-10-4-2-5-11-23)30(34)33-26-14-8-9-15-27(26)36-28(22-16-18-25(32)19-17-22)20-31(33,35-21)24-12-6-3-7-13-24/h2-19,28H,20H2,1H3/t28-,31+/m1/s1. The maximum Gasteiger partial charge on any atom is 0.265 e. The van der Waals surface area contributed by atoms with Crippen LogP contribution in [0.4, 0.5) is 5.69 Å². The first-order valence-electron chi connectivity index (χ1n) is 11.9. The average Bonchev–Trinajstić information content (AvgIpc) is 3.05. The molecule has 0 bridgehead atoms. The van der Waals surface area contributed by atoms with Crippen LogP contribution in [0.2, 0.25) is 5.02 Å². The number of hydrogen-bond donors (Lipinski definition) is 0. The molecule has 0 saturated heterocycles. The highest BCUT2D eigenvalue weighted by Gasteiger charge is 2.53. The van der Waals surface area contributed by atoms with E-state index in [2.05, 4.69) is 30.3 Å². The molecule has 0 fully saturated rings. The number of nitrogens with zero attached hydrogens (tertiary/aromatic N) is 1. The predicted octanol–water partition coefficient (Wildman–Crippen LogP) is 8.22. The van der Waals surface area contributed by atoms with E-state index in [4.69, 9.17) is 16.3 Å². The summed E-state index contributed by atoms with van der Waals surface area (Å²) in [5.74, 6) is 0.573. The van der Waals surface area contributed by atoms with E-state index in [0.29, 0.717) is 22.8 Å². The summed E-state index contributed by atoms with van der Waals surface area (Å²) in [4.78, 5) is 17.4. The Morgan fingerprint density at radius 3 is 2.22 bits per heavy atom. The molecule has 0 aromatic heterocycles. The lowest BCUT2D eigenvalue weighted by atomic mass is 9.89. The van der Waals surface area contributed by atoms with Gasteiger partial charge < -0.3 is 4.74 Å². The zero-order chi connectivity index (χ0) is 24.7. The Kier molecular flexibility index (Phi) is 5.87. The molecule has 0 saturated carbocycles. The van der Waals surface area contributed by atoms with E-state index in [1.165, 1.54) is 0 Å². The van der Waals surface area contributed by atoms with Crippen molar-refractivity contribution in [2.24, 2.45) is 0 Å². The fraction of sp³-hybridized carbons (Fsp3) is 0.129. The highest BCUT2D eigenvalue weighted by Crippen LogP contribution is 2.56. The van der Waals surface area contributed by atoms with Gasteiger partial charge in [-0.3, -0.25) is 9.69 Å². The first kappa shape index (κ1) is 23.0. The molecule has 6 rings (SSSR count). The fourth-order valence-corrected chi connectivity index (χ4v) is 6.67. The van der Waals surface area contributed by atoms with Crippen LogP contribution in [0.5, 0.6) is 0 Å². The van der Waals surface area contributed by atoms with Crippen LogP contribution >= 0.6 is 23.4 Å². The van der Waals surface area contributed by atoms with Gasteiger partial charge in [0.15, 0.2) is 0 Å². The third-order valence-corrected chi connectivity index (χ3v) is 8.39. The lowest BCUT2D eigenvalue weighted by molar-refractivity contribution is -0.123. The molecule has 0 aliphatic carbocycles. The van der Waals surface area contributed by atoms with Crippen molar-refractivity contribution >= 4 is 40.5 Å². The van der Waals surface area contributed by atoms with Crippen molar-refractivity contribution in [3.63, 3.8) is 0 Å². The van der Waals surface area contributed by atoms with E-state index in [0.717, 1.165) is 27.3 Å². The highest BCUT2D eigenvalue weighted by molar-refractivity contribution is 7.99. The summed E-state index contributed by atoms with van der Waals surface area (Å²) in [5.41, 5.74) is 3.37. The van der Waals surface area contributed by atoms with Gasteiger partial charge in [-0.1, -0.05) is 96.5 Å². The number of amides is 1. The lowest BCUT2D eigenvalue weighted by Crippen LogP contribution is -2.55. The Bertz CT molecular complexity index is 1450. The SMILES string of the molecule is CC1=C(c2ccccc2)C(=O)N2c3ccccc3S[C@@H](c3ccc(Cl)cc3)C[C@@]2(c2ccccc2)O1. The van der Waals surface area contributed by atoms with Gasteiger partial charge in [0.05, 0.1) is 11.3 Å². The molecule has 4 aromatic rings. The summed E-state index contributed by atoms with van der Waals surface area (Å²) in [6, 6.07) is 36.0. The van der Waals surface area contributed by atoms with E-state index in [1.54, 1.807) is 11.8 Å². The van der Waals surface area contributed by atoms with Crippen LogP contribution in [0, 0.1) is 0 Å². The molecule has 0 spiro atoms. The molecule has 0 radical (unpaired) electrons. The summed E-state index contributed by atoms with van der Waals surface area (Å²) in [6.07, 6.45) is 0.573. The smallest absolute Gasteiger partial charge is 0.265 e. The van der Waals surface area contributed by atoms with Crippen LogP contribution in [-0.2, 0) is 15.3 Å². The maximum absolute atomic E-state index is 14.5. The van der Waals surface area contributed by atoms with E-state index < -0.39 is 5.72 Å². The summed E-state index contributed by atoms with van der Waals surface area (Å²) < 4.78 is 6.96. The zero-order valence-electron chi connectivity index (χ0n) is 19.7. The van der Waals surface area contributed by atoms with Crippen molar-refractivity contribution in [2.45, 2.75) is 29.2 Å². The van der Waals surface area contributed by atoms with Gasteiger partial charge in [-0.15, -0.1) is 11.8 Å². The highest BCUT2D eigenvalue weighted by atomic mass is 35.5. The minimum Gasteiger partial charge on any atom is -0.467 e. The first-order valence-corrected chi connectivity index (χ1v) is 13.2. The largest absolute Gasteiger partial charge is 0.467 e. The number of carbonyl (C=O) groups excluding carboxylic acids is 1. The lowest BCUT2D eigenvalue weighted by Gasteiger charge is -2.47. The zero-order valence-corrected chi connectivity index (χ0v) is 21.3. The molecule has 2 aliphatic rings. The number of rotatable bonds is 3. The summed E-state index contributed by atoms with van der Waals surface area (Å²) in [5, 5.41) is 0.736.